The Morgan fingerprint density at radius 2 is 1.02 bits per heavy atom. The van der Waals surface area contributed by atoms with Crippen molar-refractivity contribution in [3.05, 3.63) is 12.2 Å². The van der Waals surface area contributed by atoms with Gasteiger partial charge in [-0.15, -0.1) is 0 Å². The van der Waals surface area contributed by atoms with Gasteiger partial charge in [0.1, 0.15) is 73.2 Å². The van der Waals surface area contributed by atoms with Crippen LogP contribution >= 0.6 is 0 Å². The Morgan fingerprint density at radius 1 is 0.574 bits per heavy atom. The number of aliphatic hydroxyl groups is 11. The molecule has 3 heterocycles. The minimum Gasteiger partial charge on any atom is -0.394 e. The lowest BCUT2D eigenvalue weighted by molar-refractivity contribution is -0.379. The third-order valence-corrected chi connectivity index (χ3v) is 11.6. The van der Waals surface area contributed by atoms with E-state index < -0.39 is 124 Å². The number of hydrogen-bond acceptors (Lipinski definition) is 18. The summed E-state index contributed by atoms with van der Waals surface area (Å²) in [7, 11) is 0. The highest BCUT2D eigenvalue weighted by molar-refractivity contribution is 5.76. The second-order valence-electron chi connectivity index (χ2n) is 16.5. The van der Waals surface area contributed by atoms with Gasteiger partial charge in [-0.1, -0.05) is 103 Å². The highest BCUT2D eigenvalue weighted by atomic mass is 16.8. The summed E-state index contributed by atoms with van der Waals surface area (Å²) in [5.74, 6) is -0.288. The summed E-state index contributed by atoms with van der Waals surface area (Å²) in [6.45, 7) is 1.56. The summed E-state index contributed by atoms with van der Waals surface area (Å²) in [5, 5.41) is 119. The maximum Gasteiger partial charge on any atom is 0.220 e. The third-order valence-electron chi connectivity index (χ3n) is 11.6. The first-order chi connectivity index (χ1) is 29.3. The van der Waals surface area contributed by atoms with E-state index in [0.29, 0.717) is 6.42 Å². The fourth-order valence-corrected chi connectivity index (χ4v) is 7.72. The van der Waals surface area contributed by atoms with Gasteiger partial charge in [0.2, 0.25) is 5.91 Å². The number of aliphatic hydroxyl groups excluding tert-OH is 11. The molecule has 17 unspecified atom stereocenters. The van der Waals surface area contributed by atoms with Crippen molar-refractivity contribution >= 4 is 5.91 Å². The van der Waals surface area contributed by atoms with Crippen molar-refractivity contribution in [3.63, 3.8) is 0 Å². The molecule has 0 saturated carbocycles. The molecule has 3 fully saturated rings. The lowest BCUT2D eigenvalue weighted by Crippen LogP contribution is -2.66. The fraction of sp³-hybridized carbons (Fsp3) is 0.929. The Kier molecular flexibility index (Phi) is 25.7. The average molecular weight is 884 g/mol. The van der Waals surface area contributed by atoms with E-state index in [4.69, 9.17) is 28.4 Å². The lowest BCUT2D eigenvalue weighted by atomic mass is 9.96. The van der Waals surface area contributed by atoms with E-state index in [1.165, 1.54) is 32.1 Å². The number of ether oxygens (including phenoxy) is 6. The predicted molar refractivity (Wildman–Crippen MR) is 217 cm³/mol. The molecule has 1 amide bonds. The number of allylic oxidation sites excluding steroid dienone is 1. The van der Waals surface area contributed by atoms with Crippen LogP contribution in [0.5, 0.6) is 0 Å². The molecule has 3 saturated heterocycles. The van der Waals surface area contributed by atoms with Gasteiger partial charge in [-0.05, 0) is 19.3 Å². The van der Waals surface area contributed by atoms with Crippen LogP contribution in [0.2, 0.25) is 0 Å². The quantitative estimate of drug-likeness (QED) is 0.0321. The van der Waals surface area contributed by atoms with Gasteiger partial charge >= 0.3 is 0 Å². The second kappa shape index (κ2) is 29.1. The van der Waals surface area contributed by atoms with E-state index >= 15 is 0 Å². The molecule has 0 aliphatic carbocycles. The van der Waals surface area contributed by atoms with Crippen LogP contribution in [0.25, 0.3) is 0 Å². The zero-order valence-corrected chi connectivity index (χ0v) is 35.9. The SMILES string of the molecule is CCCCCCCCC/C=C/C(O)C(COC1OC(CO)C(OC2OC(CO)C(OC3OC(CO)C(O)C(O)C3O)C(O)C2O)C(O)C1O)NC(=O)CCCCCCCCC. The van der Waals surface area contributed by atoms with Gasteiger partial charge in [-0.25, -0.2) is 0 Å². The number of hydrogen-bond donors (Lipinski definition) is 12. The van der Waals surface area contributed by atoms with Crippen molar-refractivity contribution in [2.45, 2.75) is 221 Å². The Hall–Kier alpha value is -1.47. The first kappa shape index (κ1) is 53.9. The first-order valence-corrected chi connectivity index (χ1v) is 22.4. The van der Waals surface area contributed by atoms with Crippen LogP contribution in [0.15, 0.2) is 12.2 Å². The highest BCUT2D eigenvalue weighted by Crippen LogP contribution is 2.33. The molecule has 0 radical (unpaired) electrons. The Labute approximate surface area is 359 Å². The third kappa shape index (κ3) is 16.8. The van der Waals surface area contributed by atoms with Crippen LogP contribution in [0.1, 0.15) is 117 Å². The fourth-order valence-electron chi connectivity index (χ4n) is 7.72. The number of amides is 1. The summed E-state index contributed by atoms with van der Waals surface area (Å²) in [4.78, 5) is 13.0. The maximum atomic E-state index is 13.0. The van der Waals surface area contributed by atoms with E-state index in [1.54, 1.807) is 6.08 Å². The van der Waals surface area contributed by atoms with Crippen LogP contribution in [0.3, 0.4) is 0 Å². The lowest BCUT2D eigenvalue weighted by Gasteiger charge is -2.48. The Morgan fingerprint density at radius 3 is 1.54 bits per heavy atom. The van der Waals surface area contributed by atoms with Crippen molar-refractivity contribution in [1.29, 1.82) is 0 Å². The van der Waals surface area contributed by atoms with Crippen molar-refractivity contribution in [2.24, 2.45) is 0 Å². The van der Waals surface area contributed by atoms with Gasteiger partial charge in [0.15, 0.2) is 18.9 Å². The van der Waals surface area contributed by atoms with E-state index in [9.17, 15) is 61.0 Å². The molecule has 17 atom stereocenters. The molecule has 12 N–H and O–H groups in total. The molecule has 0 bridgehead atoms. The number of carbonyl (C=O) groups is 1. The van der Waals surface area contributed by atoms with E-state index in [-0.39, 0.29) is 18.9 Å². The number of carbonyl (C=O) groups excluding carboxylic acids is 1. The van der Waals surface area contributed by atoms with Crippen molar-refractivity contribution in [1.82, 2.24) is 5.32 Å². The van der Waals surface area contributed by atoms with Gasteiger partial charge in [-0.3, -0.25) is 4.79 Å². The number of rotatable bonds is 29. The van der Waals surface area contributed by atoms with E-state index in [1.807, 2.05) is 6.08 Å². The van der Waals surface area contributed by atoms with Gasteiger partial charge in [-0.2, -0.15) is 0 Å². The van der Waals surface area contributed by atoms with E-state index in [2.05, 4.69) is 19.2 Å². The van der Waals surface area contributed by atoms with Crippen LogP contribution in [-0.2, 0) is 33.2 Å². The standard InChI is InChI=1S/C42H77NO18/c1-3-5-7-9-11-12-14-15-17-19-26(47)25(43-30(48)20-18-16-13-10-8-6-4-2)24-56-40-36(54)33(51)38(28(22-45)58-40)61-42-37(55)34(52)39(29(23-46)59-42)60-41-35(53)32(50)31(49)27(21-44)57-41/h17,19,25-29,31-42,44-47,49-55H,3-16,18,20-24H2,1-2H3,(H,43,48)/b19-17+. The van der Waals surface area contributed by atoms with Gasteiger partial charge in [0, 0.05) is 6.42 Å². The predicted octanol–water partition coefficient (Wildman–Crippen LogP) is -0.865. The molecule has 0 spiro atoms. The summed E-state index contributed by atoms with van der Waals surface area (Å²) < 4.78 is 33.9. The van der Waals surface area contributed by atoms with Gasteiger partial charge in [0.05, 0.1) is 38.6 Å². The first-order valence-electron chi connectivity index (χ1n) is 22.4. The summed E-state index contributed by atoms with van der Waals surface area (Å²) in [6, 6.07) is -0.960. The molecule has 19 heteroatoms. The largest absolute Gasteiger partial charge is 0.394 e. The summed E-state index contributed by atoms with van der Waals surface area (Å²) in [5.41, 5.74) is 0. The number of unbranched alkanes of at least 4 members (excludes halogenated alkanes) is 13. The van der Waals surface area contributed by atoms with Crippen molar-refractivity contribution in [3.8, 4) is 0 Å². The highest BCUT2D eigenvalue weighted by Gasteiger charge is 2.53. The Balaban J connectivity index is 1.62. The smallest absolute Gasteiger partial charge is 0.220 e. The molecular weight excluding hydrogens is 806 g/mol. The minimum atomic E-state index is -1.97. The molecule has 0 aromatic carbocycles. The molecule has 61 heavy (non-hydrogen) atoms. The normalized spacial score (nSPS) is 35.7. The molecule has 3 rings (SSSR count). The molecule has 0 aromatic heterocycles. The molecule has 0 aromatic rings. The topological polar surface area (TPSA) is 307 Å². The van der Waals surface area contributed by atoms with Gasteiger partial charge < -0.3 is 89.9 Å². The second-order valence-corrected chi connectivity index (χ2v) is 16.5. The van der Waals surface area contributed by atoms with Crippen LogP contribution in [0, 0.1) is 0 Å². The average Bonchev–Trinajstić information content (AvgIpc) is 3.25. The van der Waals surface area contributed by atoms with Crippen LogP contribution in [0.4, 0.5) is 0 Å². The Bertz CT molecular complexity index is 1200. The maximum absolute atomic E-state index is 13.0. The van der Waals surface area contributed by atoms with Crippen LogP contribution < -0.4 is 5.32 Å². The van der Waals surface area contributed by atoms with E-state index in [0.717, 1.165) is 57.8 Å². The van der Waals surface area contributed by atoms with Crippen molar-refractivity contribution in [2.75, 3.05) is 26.4 Å². The zero-order chi connectivity index (χ0) is 44.9. The summed E-state index contributed by atoms with van der Waals surface area (Å²) >= 11 is 0. The van der Waals surface area contributed by atoms with Gasteiger partial charge in [0.25, 0.3) is 0 Å². The zero-order valence-electron chi connectivity index (χ0n) is 35.9. The molecular formula is C42H77NO18. The molecule has 3 aliphatic heterocycles. The number of nitrogens with one attached hydrogen (secondary N) is 1. The van der Waals surface area contributed by atoms with Crippen molar-refractivity contribution < 1.29 is 89.4 Å². The minimum absolute atomic E-state index is 0.243. The molecule has 3 aliphatic rings. The molecule has 19 nitrogen and oxygen atoms in total. The van der Waals surface area contributed by atoms with Crippen LogP contribution in [-0.4, -0.2) is 193 Å². The molecule has 358 valence electrons. The monoisotopic (exact) mass is 884 g/mol. The summed E-state index contributed by atoms with van der Waals surface area (Å²) in [6.07, 6.45) is -7.16.